The molecule has 0 fully saturated rings. The normalized spacial score (nSPS) is 12.2. The topological polar surface area (TPSA) is 110 Å². The third-order valence-electron chi connectivity index (χ3n) is 4.22. The standard InChI is InChI=1S/C21H25NO6S/c1-3-28-19-10-6-15(7-11-19)12-18(21(24)25)13-22-20(23)17-8-4-16(5-9-17)14-29(2,26)27/h4-11,18H,3,12-14H2,1-2H3,(H,22,23)(H,24,25)/t18-/m1/s1. The van der Waals surface area contributed by atoms with Crippen molar-refractivity contribution in [1.29, 1.82) is 0 Å². The van der Waals surface area contributed by atoms with Crippen LogP contribution in [0.5, 0.6) is 5.75 Å². The van der Waals surface area contributed by atoms with Gasteiger partial charge in [0.15, 0.2) is 9.84 Å². The maximum atomic E-state index is 12.3. The lowest BCUT2D eigenvalue weighted by Crippen LogP contribution is -2.34. The van der Waals surface area contributed by atoms with Crippen LogP contribution in [0.2, 0.25) is 0 Å². The maximum Gasteiger partial charge on any atom is 0.308 e. The molecule has 0 aliphatic rings. The van der Waals surface area contributed by atoms with E-state index in [4.69, 9.17) is 4.74 Å². The van der Waals surface area contributed by atoms with Gasteiger partial charge in [-0.1, -0.05) is 24.3 Å². The van der Waals surface area contributed by atoms with Gasteiger partial charge in [0.1, 0.15) is 5.75 Å². The summed E-state index contributed by atoms with van der Waals surface area (Å²) in [5.74, 6) is -1.56. The summed E-state index contributed by atoms with van der Waals surface area (Å²) in [6.45, 7) is 2.42. The minimum atomic E-state index is -3.15. The first-order valence-corrected chi connectivity index (χ1v) is 11.2. The number of aliphatic carboxylic acids is 1. The summed E-state index contributed by atoms with van der Waals surface area (Å²) in [4.78, 5) is 23.9. The molecule has 0 heterocycles. The molecule has 7 nitrogen and oxygen atoms in total. The van der Waals surface area contributed by atoms with Crippen LogP contribution >= 0.6 is 0 Å². The quantitative estimate of drug-likeness (QED) is 0.612. The molecule has 29 heavy (non-hydrogen) atoms. The first-order chi connectivity index (χ1) is 13.7. The highest BCUT2D eigenvalue weighted by atomic mass is 32.2. The third kappa shape index (κ3) is 7.57. The van der Waals surface area contributed by atoms with Crippen LogP contribution in [0.3, 0.4) is 0 Å². The fraction of sp³-hybridized carbons (Fsp3) is 0.333. The number of amides is 1. The Morgan fingerprint density at radius 1 is 1.03 bits per heavy atom. The van der Waals surface area contributed by atoms with Gasteiger partial charge in [0.25, 0.3) is 5.91 Å². The number of ether oxygens (including phenoxy) is 1. The Bertz CT molecular complexity index is 936. The molecule has 156 valence electrons. The Morgan fingerprint density at radius 3 is 2.14 bits per heavy atom. The van der Waals surface area contributed by atoms with E-state index in [1.54, 1.807) is 24.3 Å². The molecule has 0 saturated carbocycles. The summed E-state index contributed by atoms with van der Waals surface area (Å²) in [5, 5.41) is 12.1. The molecule has 0 unspecified atom stereocenters. The van der Waals surface area contributed by atoms with Gasteiger partial charge in [-0.05, 0) is 48.7 Å². The van der Waals surface area contributed by atoms with Gasteiger partial charge in [-0.25, -0.2) is 8.42 Å². The zero-order valence-electron chi connectivity index (χ0n) is 16.4. The molecule has 1 amide bonds. The number of benzene rings is 2. The lowest BCUT2D eigenvalue weighted by atomic mass is 9.99. The van der Waals surface area contributed by atoms with Crippen molar-refractivity contribution >= 4 is 21.7 Å². The molecule has 0 bridgehead atoms. The Kier molecular flexibility index (Phi) is 7.78. The third-order valence-corrected chi connectivity index (χ3v) is 5.08. The highest BCUT2D eigenvalue weighted by Gasteiger charge is 2.19. The molecule has 0 radical (unpaired) electrons. The van der Waals surface area contributed by atoms with E-state index in [0.29, 0.717) is 17.7 Å². The minimum Gasteiger partial charge on any atom is -0.494 e. The van der Waals surface area contributed by atoms with Gasteiger partial charge in [0, 0.05) is 18.4 Å². The molecule has 1 atom stereocenters. The number of hydrogen-bond acceptors (Lipinski definition) is 5. The number of carbonyl (C=O) groups is 2. The van der Waals surface area contributed by atoms with Crippen molar-refractivity contribution in [2.45, 2.75) is 19.1 Å². The number of nitrogens with one attached hydrogen (secondary N) is 1. The van der Waals surface area contributed by atoms with E-state index in [9.17, 15) is 23.1 Å². The number of hydrogen-bond donors (Lipinski definition) is 2. The summed E-state index contributed by atoms with van der Waals surface area (Å²) in [7, 11) is -3.15. The van der Waals surface area contributed by atoms with Gasteiger partial charge in [0.05, 0.1) is 18.3 Å². The highest BCUT2D eigenvalue weighted by Crippen LogP contribution is 2.15. The van der Waals surface area contributed by atoms with Crippen LogP contribution < -0.4 is 10.1 Å². The van der Waals surface area contributed by atoms with Gasteiger partial charge in [-0.3, -0.25) is 9.59 Å². The summed E-state index contributed by atoms with van der Waals surface area (Å²) in [5.41, 5.74) is 1.76. The van der Waals surface area contributed by atoms with Crippen LogP contribution in [-0.4, -0.2) is 44.8 Å². The van der Waals surface area contributed by atoms with E-state index in [1.165, 1.54) is 12.1 Å². The van der Waals surface area contributed by atoms with Crippen molar-refractivity contribution < 1.29 is 27.9 Å². The van der Waals surface area contributed by atoms with Crippen LogP contribution in [0, 0.1) is 5.92 Å². The van der Waals surface area contributed by atoms with E-state index in [2.05, 4.69) is 5.32 Å². The molecule has 0 saturated heterocycles. The lowest BCUT2D eigenvalue weighted by Gasteiger charge is -2.14. The van der Waals surface area contributed by atoms with E-state index >= 15 is 0 Å². The van der Waals surface area contributed by atoms with Crippen molar-refractivity contribution in [3.05, 3.63) is 65.2 Å². The van der Waals surface area contributed by atoms with Gasteiger partial charge in [-0.15, -0.1) is 0 Å². The van der Waals surface area contributed by atoms with Crippen molar-refractivity contribution in [3.63, 3.8) is 0 Å². The van der Waals surface area contributed by atoms with Gasteiger partial charge < -0.3 is 15.2 Å². The first kappa shape index (κ1) is 22.4. The van der Waals surface area contributed by atoms with Gasteiger partial charge in [-0.2, -0.15) is 0 Å². The van der Waals surface area contributed by atoms with Crippen LogP contribution in [0.25, 0.3) is 0 Å². The first-order valence-electron chi connectivity index (χ1n) is 9.17. The minimum absolute atomic E-state index is 0.0214. The zero-order valence-corrected chi connectivity index (χ0v) is 17.2. The van der Waals surface area contributed by atoms with Crippen LogP contribution in [0.15, 0.2) is 48.5 Å². The zero-order chi connectivity index (χ0) is 21.4. The van der Waals surface area contributed by atoms with E-state index < -0.39 is 27.6 Å². The molecule has 8 heteroatoms. The summed E-state index contributed by atoms with van der Waals surface area (Å²) in [6.07, 6.45) is 1.42. The van der Waals surface area contributed by atoms with Crippen LogP contribution in [-0.2, 0) is 26.8 Å². The smallest absolute Gasteiger partial charge is 0.308 e. The fourth-order valence-corrected chi connectivity index (χ4v) is 3.59. The fourth-order valence-electron chi connectivity index (χ4n) is 2.79. The molecule has 0 aromatic heterocycles. The number of carbonyl (C=O) groups excluding carboxylic acids is 1. The molecule has 2 N–H and O–H groups in total. The maximum absolute atomic E-state index is 12.3. The van der Waals surface area contributed by atoms with Gasteiger partial charge in [0.2, 0.25) is 0 Å². The Balaban J connectivity index is 1.95. The van der Waals surface area contributed by atoms with Crippen molar-refractivity contribution in [1.82, 2.24) is 5.32 Å². The predicted molar refractivity (Wildman–Crippen MR) is 110 cm³/mol. The average molecular weight is 419 g/mol. The van der Waals surface area contributed by atoms with Crippen molar-refractivity contribution in [2.75, 3.05) is 19.4 Å². The molecule has 0 aliphatic heterocycles. The van der Waals surface area contributed by atoms with E-state index in [-0.39, 0.29) is 18.7 Å². The van der Waals surface area contributed by atoms with E-state index in [0.717, 1.165) is 17.6 Å². The van der Waals surface area contributed by atoms with Crippen LogP contribution in [0.1, 0.15) is 28.4 Å². The average Bonchev–Trinajstić information content (AvgIpc) is 2.65. The van der Waals surface area contributed by atoms with Crippen molar-refractivity contribution in [2.24, 2.45) is 5.92 Å². The van der Waals surface area contributed by atoms with Crippen LogP contribution in [0.4, 0.5) is 0 Å². The number of carboxylic acid groups (broad SMARTS) is 1. The highest BCUT2D eigenvalue weighted by molar-refractivity contribution is 7.89. The van der Waals surface area contributed by atoms with Gasteiger partial charge >= 0.3 is 5.97 Å². The number of rotatable bonds is 10. The monoisotopic (exact) mass is 419 g/mol. The molecular formula is C21H25NO6S. The summed E-state index contributed by atoms with van der Waals surface area (Å²) in [6, 6.07) is 13.4. The molecule has 0 spiro atoms. The summed E-state index contributed by atoms with van der Waals surface area (Å²) < 4.78 is 28.0. The van der Waals surface area contributed by atoms with Crippen molar-refractivity contribution in [3.8, 4) is 5.75 Å². The molecular weight excluding hydrogens is 394 g/mol. The second kappa shape index (κ2) is 10.1. The molecule has 2 rings (SSSR count). The molecule has 2 aromatic rings. The summed E-state index contributed by atoms with van der Waals surface area (Å²) >= 11 is 0. The predicted octanol–water partition coefficient (Wildman–Crippen LogP) is 2.30. The second-order valence-corrected chi connectivity index (χ2v) is 8.93. The second-order valence-electron chi connectivity index (χ2n) is 6.79. The Labute approximate surface area is 170 Å². The molecule has 0 aliphatic carbocycles. The Morgan fingerprint density at radius 2 is 1.62 bits per heavy atom. The Hall–Kier alpha value is -2.87. The number of sulfone groups is 1. The lowest BCUT2D eigenvalue weighted by molar-refractivity contribution is -0.141. The SMILES string of the molecule is CCOc1ccc(C[C@H](CNC(=O)c2ccc(CS(C)(=O)=O)cc2)C(=O)O)cc1. The number of carboxylic acids is 1. The van der Waals surface area contributed by atoms with E-state index in [1.807, 2.05) is 19.1 Å². The largest absolute Gasteiger partial charge is 0.494 e. The molecule has 2 aromatic carbocycles.